The van der Waals surface area contributed by atoms with Crippen LogP contribution in [0, 0.1) is 13.8 Å². The first-order chi connectivity index (χ1) is 12.6. The van der Waals surface area contributed by atoms with Crippen molar-refractivity contribution in [3.8, 4) is 17.1 Å². The molecule has 6 nitrogen and oxygen atoms in total. The molecule has 7 heteroatoms. The number of aryl methyl sites for hydroxylation is 2. The number of anilines is 1. The van der Waals surface area contributed by atoms with E-state index in [1.165, 1.54) is 10.4 Å². The van der Waals surface area contributed by atoms with Gasteiger partial charge in [-0.1, -0.05) is 0 Å². The molecule has 0 spiro atoms. The van der Waals surface area contributed by atoms with E-state index in [0.29, 0.717) is 17.5 Å². The molecule has 4 heterocycles. The Morgan fingerprint density at radius 1 is 1.23 bits per heavy atom. The summed E-state index contributed by atoms with van der Waals surface area (Å²) in [5, 5.41) is 0. The first-order valence-corrected chi connectivity index (χ1v) is 9.55. The van der Waals surface area contributed by atoms with Crippen LogP contribution in [0.5, 0.6) is 5.88 Å². The van der Waals surface area contributed by atoms with Crippen molar-refractivity contribution in [1.82, 2.24) is 15.0 Å². The Labute approximate surface area is 156 Å². The molecule has 0 unspecified atom stereocenters. The van der Waals surface area contributed by atoms with Crippen LogP contribution in [0.25, 0.3) is 21.5 Å². The number of nitrogens with two attached hydrogens (primary N) is 1. The highest BCUT2D eigenvalue weighted by Gasteiger charge is 2.23. The molecule has 0 amide bonds. The first kappa shape index (κ1) is 17.2. The number of nitrogens with zero attached hydrogens (tertiary/aromatic N) is 3. The predicted octanol–water partition coefficient (Wildman–Crippen LogP) is 3.85. The maximum atomic E-state index is 6.09. The van der Waals surface area contributed by atoms with Gasteiger partial charge in [0.05, 0.1) is 28.7 Å². The van der Waals surface area contributed by atoms with E-state index in [-0.39, 0.29) is 0 Å². The van der Waals surface area contributed by atoms with Crippen LogP contribution in [0.3, 0.4) is 0 Å². The molecule has 0 radical (unpaired) electrons. The van der Waals surface area contributed by atoms with Gasteiger partial charge in [-0.15, -0.1) is 11.3 Å². The summed E-state index contributed by atoms with van der Waals surface area (Å²) in [4.78, 5) is 15.5. The third kappa shape index (κ3) is 2.91. The molecule has 136 valence electrons. The molecule has 2 N–H and O–H groups in total. The highest BCUT2D eigenvalue weighted by Crippen LogP contribution is 2.38. The lowest BCUT2D eigenvalue weighted by Gasteiger charge is -2.21. The number of fused-ring (bicyclic) bond motifs is 1. The zero-order valence-electron chi connectivity index (χ0n) is 15.2. The van der Waals surface area contributed by atoms with Crippen molar-refractivity contribution in [2.45, 2.75) is 32.6 Å². The van der Waals surface area contributed by atoms with Gasteiger partial charge in [0, 0.05) is 35.8 Å². The number of ether oxygens (including phenoxy) is 2. The summed E-state index contributed by atoms with van der Waals surface area (Å²) >= 11 is 1.72. The molecule has 3 aromatic heterocycles. The molecule has 1 aliphatic rings. The van der Waals surface area contributed by atoms with Gasteiger partial charge in [0.1, 0.15) is 5.82 Å². The number of hydrogen-bond donors (Lipinski definition) is 1. The quantitative estimate of drug-likeness (QED) is 0.754. The second kappa shape index (κ2) is 6.81. The highest BCUT2D eigenvalue weighted by atomic mass is 32.1. The maximum absolute atomic E-state index is 6.09. The van der Waals surface area contributed by atoms with Crippen LogP contribution in [-0.4, -0.2) is 35.3 Å². The lowest BCUT2D eigenvalue weighted by Crippen LogP contribution is -2.16. The molecule has 3 aromatic rings. The summed E-state index contributed by atoms with van der Waals surface area (Å²) in [5.41, 5.74) is 10.6. The zero-order chi connectivity index (χ0) is 18.3. The van der Waals surface area contributed by atoms with Gasteiger partial charge in [-0.2, -0.15) is 0 Å². The van der Waals surface area contributed by atoms with Crippen LogP contribution in [-0.2, 0) is 4.74 Å². The number of thiophene rings is 1. The maximum Gasteiger partial charge on any atom is 0.236 e. The average Bonchev–Trinajstić information content (AvgIpc) is 2.96. The molecule has 1 fully saturated rings. The molecule has 0 aromatic carbocycles. The monoisotopic (exact) mass is 370 g/mol. The smallest absolute Gasteiger partial charge is 0.236 e. The SMILES string of the molecule is COc1ncc(-c2nc(C3CCOCC3)nc3c(C)c(C)sc23)cc1N. The summed E-state index contributed by atoms with van der Waals surface area (Å²) in [5.74, 6) is 1.66. The average molecular weight is 370 g/mol. The molecule has 1 aliphatic heterocycles. The second-order valence-electron chi connectivity index (χ2n) is 6.60. The summed E-state index contributed by atoms with van der Waals surface area (Å²) in [6.45, 7) is 5.78. The molecule has 0 bridgehead atoms. The Bertz CT molecular complexity index is 964. The van der Waals surface area contributed by atoms with Crippen molar-refractivity contribution < 1.29 is 9.47 Å². The minimum Gasteiger partial charge on any atom is -0.480 e. The summed E-state index contributed by atoms with van der Waals surface area (Å²) in [6, 6.07) is 1.88. The van der Waals surface area contributed by atoms with Crippen molar-refractivity contribution in [1.29, 1.82) is 0 Å². The molecule has 0 atom stereocenters. The van der Waals surface area contributed by atoms with Gasteiger partial charge in [-0.3, -0.25) is 0 Å². The Kier molecular flexibility index (Phi) is 4.50. The Hall–Kier alpha value is -2.25. The molecular formula is C19H22N4O2S. The lowest BCUT2D eigenvalue weighted by atomic mass is 9.99. The van der Waals surface area contributed by atoms with Gasteiger partial charge in [-0.05, 0) is 38.3 Å². The number of pyridine rings is 1. The van der Waals surface area contributed by atoms with Gasteiger partial charge in [0.2, 0.25) is 5.88 Å². The highest BCUT2D eigenvalue weighted by molar-refractivity contribution is 7.19. The van der Waals surface area contributed by atoms with E-state index < -0.39 is 0 Å². The third-order valence-corrected chi connectivity index (χ3v) is 6.16. The lowest BCUT2D eigenvalue weighted by molar-refractivity contribution is 0.0837. The summed E-state index contributed by atoms with van der Waals surface area (Å²) in [6.07, 6.45) is 3.68. The Balaban J connectivity index is 1.91. The van der Waals surface area contributed by atoms with E-state index in [9.17, 15) is 0 Å². The third-order valence-electron chi connectivity index (χ3n) is 4.95. The largest absolute Gasteiger partial charge is 0.480 e. The van der Waals surface area contributed by atoms with Crippen molar-refractivity contribution in [3.63, 3.8) is 0 Å². The fourth-order valence-electron chi connectivity index (χ4n) is 3.32. The molecule has 4 rings (SSSR count). The van der Waals surface area contributed by atoms with E-state index in [1.807, 2.05) is 6.07 Å². The topological polar surface area (TPSA) is 83.2 Å². The fraction of sp³-hybridized carbons (Fsp3) is 0.421. The Morgan fingerprint density at radius 3 is 2.69 bits per heavy atom. The minimum atomic E-state index is 0.329. The van der Waals surface area contributed by atoms with Crippen LogP contribution in [0.1, 0.15) is 35.0 Å². The van der Waals surface area contributed by atoms with Gasteiger partial charge >= 0.3 is 0 Å². The zero-order valence-corrected chi connectivity index (χ0v) is 16.0. The number of hydrogen-bond acceptors (Lipinski definition) is 7. The fourth-order valence-corrected chi connectivity index (χ4v) is 4.43. The van der Waals surface area contributed by atoms with Crippen LogP contribution in [0.2, 0.25) is 0 Å². The number of methoxy groups -OCH3 is 1. The molecule has 0 aliphatic carbocycles. The number of rotatable bonds is 3. The molecule has 1 saturated heterocycles. The van der Waals surface area contributed by atoms with E-state index >= 15 is 0 Å². The molecule has 0 saturated carbocycles. The molecular weight excluding hydrogens is 348 g/mol. The van der Waals surface area contributed by atoms with Gasteiger partial charge in [0.15, 0.2) is 0 Å². The predicted molar refractivity (Wildman–Crippen MR) is 104 cm³/mol. The summed E-state index contributed by atoms with van der Waals surface area (Å²) in [7, 11) is 1.57. The van der Waals surface area contributed by atoms with Crippen molar-refractivity contribution >= 4 is 27.2 Å². The van der Waals surface area contributed by atoms with Crippen LogP contribution in [0.15, 0.2) is 12.3 Å². The second-order valence-corrected chi connectivity index (χ2v) is 7.83. The van der Waals surface area contributed by atoms with E-state index in [0.717, 1.165) is 53.4 Å². The van der Waals surface area contributed by atoms with Gasteiger partial charge < -0.3 is 15.2 Å². The van der Waals surface area contributed by atoms with Crippen molar-refractivity contribution in [3.05, 3.63) is 28.5 Å². The normalized spacial score (nSPS) is 15.5. The van der Waals surface area contributed by atoms with E-state index in [2.05, 4.69) is 18.8 Å². The van der Waals surface area contributed by atoms with Crippen LogP contribution >= 0.6 is 11.3 Å². The summed E-state index contributed by atoms with van der Waals surface area (Å²) < 4.78 is 11.8. The minimum absolute atomic E-state index is 0.329. The van der Waals surface area contributed by atoms with Crippen molar-refractivity contribution in [2.24, 2.45) is 0 Å². The van der Waals surface area contributed by atoms with Crippen LogP contribution < -0.4 is 10.5 Å². The van der Waals surface area contributed by atoms with Crippen LogP contribution in [0.4, 0.5) is 5.69 Å². The van der Waals surface area contributed by atoms with Gasteiger partial charge in [0.25, 0.3) is 0 Å². The standard InChI is InChI=1S/C19H22N4O2S/c1-10-11(2)26-17-15(10)22-18(12-4-6-25-7-5-12)23-16(17)13-8-14(20)19(24-3)21-9-13/h8-9,12H,4-7,20H2,1-3H3. The van der Waals surface area contributed by atoms with Gasteiger partial charge in [-0.25, -0.2) is 15.0 Å². The molecule has 26 heavy (non-hydrogen) atoms. The van der Waals surface area contributed by atoms with E-state index in [1.54, 1.807) is 24.6 Å². The van der Waals surface area contributed by atoms with Crippen molar-refractivity contribution in [2.75, 3.05) is 26.1 Å². The van der Waals surface area contributed by atoms with E-state index in [4.69, 9.17) is 25.2 Å². The first-order valence-electron chi connectivity index (χ1n) is 8.73. The number of aromatic nitrogens is 3. The Morgan fingerprint density at radius 2 is 2.00 bits per heavy atom. The number of nitrogen functional groups attached to an aromatic ring is 1.